The highest BCUT2D eigenvalue weighted by Gasteiger charge is 2.37. The smallest absolute Gasteiger partial charge is 0.305 e. The molecule has 2 aromatic carbocycles. The van der Waals surface area contributed by atoms with Crippen LogP contribution in [0, 0.1) is 5.92 Å². The number of carboxylic acid groups (broad SMARTS) is 2. The summed E-state index contributed by atoms with van der Waals surface area (Å²) < 4.78 is 0. The Morgan fingerprint density at radius 3 is 1.44 bits per heavy atom. The number of hydrogen-bond acceptors (Lipinski definition) is 18. The molecule has 0 aliphatic rings. The summed E-state index contributed by atoms with van der Waals surface area (Å²) in [5, 5.41) is 79.7. The van der Waals surface area contributed by atoms with E-state index >= 15 is 0 Å². The molecule has 0 radical (unpaired) electrons. The molecule has 442 valence electrons. The molecular weight excluding hydrogens is 1070 g/mol. The third-order valence-corrected chi connectivity index (χ3v) is 12.0. The van der Waals surface area contributed by atoms with Crippen molar-refractivity contribution < 1.29 is 88.2 Å². The van der Waals surface area contributed by atoms with E-state index in [4.69, 9.17) is 11.5 Å². The lowest BCUT2D eigenvalue weighted by Gasteiger charge is -2.29. The molecule has 0 aliphatic carbocycles. The number of aliphatic carboxylic acids is 2. The molecule has 31 nitrogen and oxygen atoms in total. The first-order chi connectivity index (χ1) is 38.1. The molecule has 0 bridgehead atoms. The summed E-state index contributed by atoms with van der Waals surface area (Å²) in [6.07, 6.45) is -1.71. The van der Waals surface area contributed by atoms with Crippen LogP contribution < -0.4 is 59.3 Å². The molecule has 10 amide bonds. The number of nitrogens with two attached hydrogens (primary N) is 2. The molecular formula is C50H69N13O18. The first-order valence-corrected chi connectivity index (χ1v) is 25.0. The number of phenols is 1. The topological polar surface area (TPSA) is 515 Å². The molecule has 20 N–H and O–H groups in total. The number of aromatic nitrogens is 2. The molecule has 0 spiro atoms. The number of primary amides is 1. The fraction of sp³-hybridized carbons (Fsp3) is 0.460. The summed E-state index contributed by atoms with van der Waals surface area (Å²) in [6.45, 7) is 3.11. The summed E-state index contributed by atoms with van der Waals surface area (Å²) in [5.74, 6) is -15.3. The van der Waals surface area contributed by atoms with Gasteiger partial charge in [-0.1, -0.05) is 56.3 Å². The third kappa shape index (κ3) is 21.9. The number of phenolic OH excluding ortho intramolecular Hbond substituents is 1. The Hall–Kier alpha value is -9.07. The zero-order valence-electron chi connectivity index (χ0n) is 44.4. The molecule has 1 aromatic heterocycles. The van der Waals surface area contributed by atoms with Crippen LogP contribution in [-0.4, -0.2) is 191 Å². The molecule has 0 saturated heterocycles. The lowest BCUT2D eigenvalue weighted by atomic mass is 10.00. The minimum atomic E-state index is -2.04. The van der Waals surface area contributed by atoms with Gasteiger partial charge in [-0.3, -0.25) is 57.5 Å². The number of aliphatic hydroxyl groups excluding tert-OH is 3. The van der Waals surface area contributed by atoms with Gasteiger partial charge in [0.1, 0.15) is 60.1 Å². The number of nitrogens with zero attached hydrogens (tertiary/aromatic N) is 1. The van der Waals surface area contributed by atoms with Gasteiger partial charge in [0.15, 0.2) is 0 Å². The Kier molecular flexibility index (Phi) is 26.2. The average Bonchev–Trinajstić information content (AvgIpc) is 3.94. The lowest BCUT2D eigenvalue weighted by molar-refractivity contribution is -0.142. The van der Waals surface area contributed by atoms with E-state index in [2.05, 4.69) is 57.8 Å². The summed E-state index contributed by atoms with van der Waals surface area (Å²) in [6, 6.07) is -3.17. The van der Waals surface area contributed by atoms with E-state index in [9.17, 15) is 88.2 Å². The highest BCUT2D eigenvalue weighted by atomic mass is 16.4. The lowest BCUT2D eigenvalue weighted by Crippen LogP contribution is -2.63. The maximum absolute atomic E-state index is 14.1. The van der Waals surface area contributed by atoms with Crippen molar-refractivity contribution in [1.29, 1.82) is 0 Å². The van der Waals surface area contributed by atoms with Crippen molar-refractivity contribution in [2.45, 2.75) is 126 Å². The maximum Gasteiger partial charge on any atom is 0.305 e. The van der Waals surface area contributed by atoms with E-state index in [-0.39, 0.29) is 25.0 Å². The zero-order valence-corrected chi connectivity index (χ0v) is 44.4. The number of aliphatic hydroxyl groups is 3. The molecule has 11 atom stereocenters. The maximum atomic E-state index is 14.1. The van der Waals surface area contributed by atoms with Crippen LogP contribution in [0.2, 0.25) is 0 Å². The van der Waals surface area contributed by atoms with Crippen molar-refractivity contribution in [3.05, 3.63) is 83.9 Å². The molecule has 1 heterocycles. The van der Waals surface area contributed by atoms with Crippen LogP contribution >= 0.6 is 0 Å². The summed E-state index contributed by atoms with van der Waals surface area (Å²) in [5.41, 5.74) is 12.7. The molecule has 0 saturated carbocycles. The highest BCUT2D eigenvalue weighted by Crippen LogP contribution is 2.13. The Balaban J connectivity index is 1.76. The number of carbonyl (C=O) groups excluding carboxylic acids is 10. The fourth-order valence-electron chi connectivity index (χ4n) is 7.50. The van der Waals surface area contributed by atoms with Crippen molar-refractivity contribution in [2.75, 3.05) is 13.2 Å². The number of carboxylic acids is 2. The average molecular weight is 1140 g/mol. The highest BCUT2D eigenvalue weighted by molar-refractivity contribution is 6.00. The van der Waals surface area contributed by atoms with Crippen LogP contribution in [0.15, 0.2) is 67.1 Å². The van der Waals surface area contributed by atoms with Crippen molar-refractivity contribution in [2.24, 2.45) is 17.4 Å². The van der Waals surface area contributed by atoms with Crippen LogP contribution in [0.4, 0.5) is 0 Å². The van der Waals surface area contributed by atoms with Crippen molar-refractivity contribution in [1.82, 2.24) is 57.8 Å². The van der Waals surface area contributed by atoms with E-state index < -0.39 is 170 Å². The molecule has 0 aliphatic heterocycles. The van der Waals surface area contributed by atoms with Crippen molar-refractivity contribution >= 4 is 71.0 Å². The van der Waals surface area contributed by atoms with Gasteiger partial charge in [-0.25, -0.2) is 4.98 Å². The van der Waals surface area contributed by atoms with E-state index in [1.165, 1.54) is 50.6 Å². The van der Waals surface area contributed by atoms with Gasteiger partial charge in [0, 0.05) is 31.2 Å². The summed E-state index contributed by atoms with van der Waals surface area (Å²) in [7, 11) is 0. The number of rotatable bonds is 33. The Bertz CT molecular complexity index is 2680. The second-order valence-corrected chi connectivity index (χ2v) is 19.0. The minimum absolute atomic E-state index is 0.0368. The van der Waals surface area contributed by atoms with Crippen LogP contribution in [0.5, 0.6) is 5.75 Å². The number of amides is 10. The summed E-state index contributed by atoms with van der Waals surface area (Å²) in [4.78, 5) is 164. The van der Waals surface area contributed by atoms with Gasteiger partial charge < -0.3 is 94.9 Å². The van der Waals surface area contributed by atoms with Crippen LogP contribution in [-0.2, 0) is 76.8 Å². The molecule has 0 unspecified atom stereocenters. The van der Waals surface area contributed by atoms with Crippen LogP contribution in [0.3, 0.4) is 0 Å². The van der Waals surface area contributed by atoms with Crippen LogP contribution in [0.25, 0.3) is 0 Å². The number of benzene rings is 2. The first-order valence-electron chi connectivity index (χ1n) is 25.0. The number of aromatic amines is 1. The number of imidazole rings is 1. The van der Waals surface area contributed by atoms with Gasteiger partial charge in [0.2, 0.25) is 59.1 Å². The van der Waals surface area contributed by atoms with E-state index in [1.807, 2.05) is 0 Å². The normalized spacial score (nSPS) is 15.1. The van der Waals surface area contributed by atoms with E-state index in [0.717, 1.165) is 13.8 Å². The van der Waals surface area contributed by atoms with E-state index in [1.54, 1.807) is 30.3 Å². The van der Waals surface area contributed by atoms with Crippen LogP contribution in [0.1, 0.15) is 57.4 Å². The summed E-state index contributed by atoms with van der Waals surface area (Å²) >= 11 is 0. The largest absolute Gasteiger partial charge is 0.508 e. The van der Waals surface area contributed by atoms with Gasteiger partial charge in [-0.05, 0) is 43.0 Å². The van der Waals surface area contributed by atoms with Gasteiger partial charge in [0.25, 0.3) is 0 Å². The predicted molar refractivity (Wildman–Crippen MR) is 280 cm³/mol. The van der Waals surface area contributed by atoms with Crippen molar-refractivity contribution in [3.63, 3.8) is 0 Å². The van der Waals surface area contributed by atoms with Gasteiger partial charge in [-0.2, -0.15) is 0 Å². The SMILES string of the molecule is CC(C)[C@H](NC(=O)[C@H](C)NC(=O)[C@H](CC(=O)O)NC(=O)[C@H](CO)NC(=O)[C@@H](N)Cc1cnc[nH]1)C(=O)N[C@@H](Cc1ccccc1)C(=O)N[C@H](C(=O)N[C@@H](CC(=O)O)C(=O)N[C@@H](CO)C(=O)N[C@@H](Cc1ccc(O)cc1)C(N)=O)[C@@H](C)O. The number of carbonyl (C=O) groups is 12. The number of nitrogens with one attached hydrogen (secondary N) is 10. The Morgan fingerprint density at radius 1 is 0.519 bits per heavy atom. The first kappa shape index (κ1) is 66.2. The van der Waals surface area contributed by atoms with Gasteiger partial charge in [0.05, 0.1) is 44.5 Å². The monoisotopic (exact) mass is 1140 g/mol. The molecule has 0 fully saturated rings. The second kappa shape index (κ2) is 32.1. The van der Waals surface area contributed by atoms with Gasteiger partial charge in [-0.15, -0.1) is 0 Å². The van der Waals surface area contributed by atoms with Gasteiger partial charge >= 0.3 is 11.9 Å². The third-order valence-electron chi connectivity index (χ3n) is 12.0. The minimum Gasteiger partial charge on any atom is -0.508 e. The molecule has 3 aromatic rings. The molecule has 81 heavy (non-hydrogen) atoms. The fourth-order valence-corrected chi connectivity index (χ4v) is 7.50. The molecule has 3 rings (SSSR count). The van der Waals surface area contributed by atoms with E-state index in [0.29, 0.717) is 16.8 Å². The zero-order chi connectivity index (χ0) is 60.7. The number of hydrogen-bond donors (Lipinski definition) is 18. The Morgan fingerprint density at radius 2 is 0.951 bits per heavy atom. The Labute approximate surface area is 462 Å². The molecule has 31 heteroatoms. The number of H-pyrrole nitrogens is 1. The second-order valence-electron chi connectivity index (χ2n) is 19.0. The number of aromatic hydroxyl groups is 1. The predicted octanol–water partition coefficient (Wildman–Crippen LogP) is -6.69. The quantitative estimate of drug-likeness (QED) is 0.0270. The standard InChI is InChI=1S/C50H69N13O18/c1-23(2)39(62-42(73)24(3)55-44(75)33(17-37(68)69)57-48(79)35(20-64)60-43(74)30(51)16-28-19-53-22-54-28)49(80)58-32(15-26-8-6-5-7-9-26)46(77)63-40(25(4)66)50(81)59-34(18-38(70)71)45(76)61-36(21-65)47(78)56-31(41(52)72)14-27-10-12-29(67)13-11-27/h5-13,19,22-25,30-36,39-40,64-67H,14-18,20-21,51H2,1-4H3,(H2,52,72)(H,53,54)(H,55,75)(H,56,78)(H,57,79)(H,58,80)(H,59,81)(H,60,74)(H,61,76)(H,62,73)(H,63,77)(H,68,69)(H,70,71)/t24-,25+,30-,31-,32-,33-,34-,35-,36-,39-,40-/m0/s1. The van der Waals surface area contributed by atoms with Crippen molar-refractivity contribution in [3.8, 4) is 5.75 Å².